The second-order valence-corrected chi connectivity index (χ2v) is 4.33. The fraction of sp³-hybridized carbons (Fsp3) is 0.267. The van der Waals surface area contributed by atoms with Crippen molar-refractivity contribution in [2.45, 2.75) is 25.3 Å². The van der Waals surface area contributed by atoms with Crippen molar-refractivity contribution < 1.29 is 0 Å². The Kier molecular flexibility index (Phi) is 3.55. The summed E-state index contributed by atoms with van der Waals surface area (Å²) in [4.78, 5) is 4.18. The van der Waals surface area contributed by atoms with Gasteiger partial charge in [-0.2, -0.15) is 0 Å². The van der Waals surface area contributed by atoms with E-state index in [1.165, 1.54) is 0 Å². The number of pyridine rings is 1. The van der Waals surface area contributed by atoms with Gasteiger partial charge in [-0.05, 0) is 23.6 Å². The molecule has 0 radical (unpaired) electrons. The Morgan fingerprint density at radius 2 is 1.76 bits per heavy atom. The Morgan fingerprint density at radius 3 is 2.35 bits per heavy atom. The average Bonchev–Trinajstić information content (AvgIpc) is 2.41. The maximum absolute atomic E-state index is 6.61. The van der Waals surface area contributed by atoms with Crippen molar-refractivity contribution in [1.82, 2.24) is 4.98 Å². The van der Waals surface area contributed by atoms with Gasteiger partial charge in [0.1, 0.15) is 0 Å². The molecule has 0 fully saturated rings. The molecule has 1 aromatic carbocycles. The highest BCUT2D eigenvalue weighted by molar-refractivity contribution is 5.36. The summed E-state index contributed by atoms with van der Waals surface area (Å²) in [6.45, 7) is 2.15. The molecule has 1 aromatic heterocycles. The first-order valence-corrected chi connectivity index (χ1v) is 6.02. The van der Waals surface area contributed by atoms with E-state index < -0.39 is 5.54 Å². The molecular weight excluding hydrogens is 208 g/mol. The van der Waals surface area contributed by atoms with Crippen LogP contribution in [0.5, 0.6) is 0 Å². The van der Waals surface area contributed by atoms with Gasteiger partial charge >= 0.3 is 0 Å². The molecule has 0 saturated carbocycles. The summed E-state index contributed by atoms with van der Waals surface area (Å²) in [6.07, 6.45) is 5.60. The maximum atomic E-state index is 6.61. The van der Waals surface area contributed by atoms with E-state index in [1.54, 1.807) is 6.20 Å². The van der Waals surface area contributed by atoms with Crippen LogP contribution in [-0.2, 0) is 5.54 Å². The number of nitrogens with zero attached hydrogens (tertiary/aromatic N) is 1. The molecule has 2 rings (SSSR count). The van der Waals surface area contributed by atoms with E-state index in [0.29, 0.717) is 0 Å². The van der Waals surface area contributed by atoms with E-state index in [4.69, 9.17) is 5.73 Å². The quantitative estimate of drug-likeness (QED) is 0.870. The SMILES string of the molecule is CCCC(N)(c1ccccc1)c1cccnc1. The Hall–Kier alpha value is -1.67. The van der Waals surface area contributed by atoms with E-state index in [-0.39, 0.29) is 0 Å². The number of aromatic nitrogens is 1. The number of benzene rings is 1. The molecule has 1 unspecified atom stereocenters. The zero-order valence-corrected chi connectivity index (χ0v) is 10.1. The molecule has 1 heterocycles. The molecule has 2 heteroatoms. The highest BCUT2D eigenvalue weighted by atomic mass is 14.8. The minimum absolute atomic E-state index is 0.426. The number of hydrogen-bond acceptors (Lipinski definition) is 2. The molecule has 0 aliphatic heterocycles. The van der Waals surface area contributed by atoms with Gasteiger partial charge < -0.3 is 5.73 Å². The molecule has 0 amide bonds. The van der Waals surface area contributed by atoms with Gasteiger partial charge in [-0.3, -0.25) is 4.98 Å². The van der Waals surface area contributed by atoms with Gasteiger partial charge in [-0.25, -0.2) is 0 Å². The highest BCUT2D eigenvalue weighted by Crippen LogP contribution is 2.30. The van der Waals surface area contributed by atoms with Crippen LogP contribution in [0.1, 0.15) is 30.9 Å². The summed E-state index contributed by atoms with van der Waals surface area (Å²) >= 11 is 0. The summed E-state index contributed by atoms with van der Waals surface area (Å²) in [6, 6.07) is 14.2. The Morgan fingerprint density at radius 1 is 1.06 bits per heavy atom. The van der Waals surface area contributed by atoms with Crippen molar-refractivity contribution in [3.05, 3.63) is 66.0 Å². The molecule has 17 heavy (non-hydrogen) atoms. The Bertz CT molecular complexity index is 411. The van der Waals surface area contributed by atoms with Crippen molar-refractivity contribution in [2.75, 3.05) is 0 Å². The van der Waals surface area contributed by atoms with Crippen LogP contribution in [0.15, 0.2) is 54.9 Å². The third kappa shape index (κ3) is 2.37. The Labute approximate surface area is 103 Å². The lowest BCUT2D eigenvalue weighted by molar-refractivity contribution is 0.483. The van der Waals surface area contributed by atoms with Crippen LogP contribution < -0.4 is 5.73 Å². The van der Waals surface area contributed by atoms with Crippen molar-refractivity contribution in [2.24, 2.45) is 5.73 Å². The van der Waals surface area contributed by atoms with E-state index in [1.807, 2.05) is 30.5 Å². The summed E-state index contributed by atoms with van der Waals surface area (Å²) in [7, 11) is 0. The lowest BCUT2D eigenvalue weighted by atomic mass is 9.81. The highest BCUT2D eigenvalue weighted by Gasteiger charge is 2.28. The van der Waals surface area contributed by atoms with Gasteiger partial charge in [0, 0.05) is 12.4 Å². The zero-order chi connectivity index (χ0) is 12.1. The lowest BCUT2D eigenvalue weighted by Crippen LogP contribution is -2.37. The van der Waals surface area contributed by atoms with E-state index in [9.17, 15) is 0 Å². The van der Waals surface area contributed by atoms with Crippen LogP contribution in [0.4, 0.5) is 0 Å². The van der Waals surface area contributed by atoms with Crippen molar-refractivity contribution in [3.8, 4) is 0 Å². The fourth-order valence-corrected chi connectivity index (χ4v) is 2.21. The zero-order valence-electron chi connectivity index (χ0n) is 10.1. The van der Waals surface area contributed by atoms with Crippen LogP contribution in [0.25, 0.3) is 0 Å². The molecule has 0 aliphatic rings. The molecule has 2 N–H and O–H groups in total. The van der Waals surface area contributed by atoms with Gasteiger partial charge in [-0.1, -0.05) is 49.7 Å². The topological polar surface area (TPSA) is 38.9 Å². The van der Waals surface area contributed by atoms with Crippen LogP contribution in [-0.4, -0.2) is 4.98 Å². The molecular formula is C15H18N2. The molecule has 0 saturated heterocycles. The number of hydrogen-bond donors (Lipinski definition) is 1. The third-order valence-corrected chi connectivity index (χ3v) is 3.11. The van der Waals surface area contributed by atoms with Gasteiger partial charge in [-0.15, -0.1) is 0 Å². The van der Waals surface area contributed by atoms with Gasteiger partial charge in [0.25, 0.3) is 0 Å². The third-order valence-electron chi connectivity index (χ3n) is 3.11. The summed E-state index contributed by atoms with van der Waals surface area (Å²) < 4.78 is 0. The summed E-state index contributed by atoms with van der Waals surface area (Å²) in [5, 5.41) is 0. The molecule has 2 aromatic rings. The van der Waals surface area contributed by atoms with Crippen molar-refractivity contribution >= 4 is 0 Å². The molecule has 1 atom stereocenters. The average molecular weight is 226 g/mol. The van der Waals surface area contributed by atoms with Crippen LogP contribution in [0, 0.1) is 0 Å². The Balaban J connectivity index is 2.47. The van der Waals surface area contributed by atoms with E-state index in [0.717, 1.165) is 24.0 Å². The first-order valence-electron chi connectivity index (χ1n) is 6.02. The largest absolute Gasteiger partial charge is 0.318 e. The van der Waals surface area contributed by atoms with E-state index in [2.05, 4.69) is 30.1 Å². The molecule has 0 aliphatic carbocycles. The smallest absolute Gasteiger partial charge is 0.0680 e. The number of rotatable bonds is 4. The minimum atomic E-state index is -0.426. The molecule has 2 nitrogen and oxygen atoms in total. The maximum Gasteiger partial charge on any atom is 0.0680 e. The standard InChI is InChI=1S/C15H18N2/c1-2-10-15(16,13-7-4-3-5-8-13)14-9-6-11-17-12-14/h3-9,11-12H,2,10,16H2,1H3. The van der Waals surface area contributed by atoms with Gasteiger partial charge in [0.05, 0.1) is 5.54 Å². The van der Waals surface area contributed by atoms with Crippen LogP contribution >= 0.6 is 0 Å². The normalized spacial score (nSPS) is 14.2. The molecule has 0 spiro atoms. The summed E-state index contributed by atoms with van der Waals surface area (Å²) in [5.41, 5.74) is 8.41. The fourth-order valence-electron chi connectivity index (χ4n) is 2.21. The first-order chi connectivity index (χ1) is 8.27. The minimum Gasteiger partial charge on any atom is -0.318 e. The van der Waals surface area contributed by atoms with E-state index >= 15 is 0 Å². The van der Waals surface area contributed by atoms with Crippen LogP contribution in [0.3, 0.4) is 0 Å². The first kappa shape index (κ1) is 11.8. The van der Waals surface area contributed by atoms with Crippen molar-refractivity contribution in [1.29, 1.82) is 0 Å². The number of nitrogens with two attached hydrogens (primary N) is 1. The van der Waals surface area contributed by atoms with Gasteiger partial charge in [0.15, 0.2) is 0 Å². The lowest BCUT2D eigenvalue weighted by Gasteiger charge is -2.30. The molecule has 88 valence electrons. The summed E-state index contributed by atoms with van der Waals surface area (Å²) in [5.74, 6) is 0. The molecule has 0 bridgehead atoms. The van der Waals surface area contributed by atoms with Crippen molar-refractivity contribution in [3.63, 3.8) is 0 Å². The van der Waals surface area contributed by atoms with Gasteiger partial charge in [0.2, 0.25) is 0 Å². The van der Waals surface area contributed by atoms with Crippen LogP contribution in [0.2, 0.25) is 0 Å². The second-order valence-electron chi connectivity index (χ2n) is 4.33. The second kappa shape index (κ2) is 5.11. The predicted molar refractivity (Wildman–Crippen MR) is 70.6 cm³/mol. The predicted octanol–water partition coefficient (Wildman–Crippen LogP) is 3.08. The monoisotopic (exact) mass is 226 g/mol.